The highest BCUT2D eigenvalue weighted by atomic mass is 35.5. The summed E-state index contributed by atoms with van der Waals surface area (Å²) >= 11 is 5.98. The molecule has 0 bridgehead atoms. The molecular formula is C22H27ClN4O2. The van der Waals surface area contributed by atoms with Crippen molar-refractivity contribution in [1.29, 1.82) is 0 Å². The summed E-state index contributed by atoms with van der Waals surface area (Å²) in [6.07, 6.45) is 3.72. The van der Waals surface area contributed by atoms with E-state index >= 15 is 0 Å². The van der Waals surface area contributed by atoms with E-state index in [2.05, 4.69) is 21.3 Å². The number of hydrogen-bond donors (Lipinski definition) is 4. The van der Waals surface area contributed by atoms with Crippen molar-refractivity contribution >= 4 is 29.4 Å². The second kappa shape index (κ2) is 10.2. The van der Waals surface area contributed by atoms with Gasteiger partial charge in [-0.05, 0) is 55.2 Å². The summed E-state index contributed by atoms with van der Waals surface area (Å²) < 4.78 is 0. The molecule has 2 aromatic rings. The Balaban J connectivity index is 1.50. The molecule has 2 unspecified atom stereocenters. The molecule has 0 aliphatic heterocycles. The van der Waals surface area contributed by atoms with Gasteiger partial charge in [0.1, 0.15) is 0 Å². The van der Waals surface area contributed by atoms with Crippen LogP contribution in [0.5, 0.6) is 0 Å². The van der Waals surface area contributed by atoms with Crippen LogP contribution in [0.4, 0.5) is 15.3 Å². The highest BCUT2D eigenvalue weighted by Crippen LogP contribution is 2.19. The van der Waals surface area contributed by atoms with Crippen molar-refractivity contribution in [2.24, 2.45) is 0 Å². The molecule has 7 heteroatoms. The summed E-state index contributed by atoms with van der Waals surface area (Å²) in [5.41, 5.74) is 2.77. The molecule has 3 rings (SSSR count). The lowest BCUT2D eigenvalue weighted by atomic mass is 9.90. The fourth-order valence-corrected chi connectivity index (χ4v) is 3.80. The molecule has 2 atom stereocenters. The van der Waals surface area contributed by atoms with Crippen LogP contribution in [0.1, 0.15) is 36.8 Å². The molecular weight excluding hydrogens is 388 g/mol. The minimum Gasteiger partial charge on any atom is -0.334 e. The molecule has 154 valence electrons. The zero-order valence-corrected chi connectivity index (χ0v) is 17.3. The van der Waals surface area contributed by atoms with Crippen molar-refractivity contribution in [2.75, 3.05) is 5.32 Å². The molecule has 0 heterocycles. The van der Waals surface area contributed by atoms with Gasteiger partial charge in [0.25, 0.3) is 0 Å². The third-order valence-electron chi connectivity index (χ3n) is 5.02. The second-order valence-electron chi connectivity index (χ2n) is 7.42. The van der Waals surface area contributed by atoms with Gasteiger partial charge in [-0.1, -0.05) is 48.7 Å². The first kappa shape index (κ1) is 21.0. The zero-order valence-electron chi connectivity index (χ0n) is 16.5. The first-order valence-corrected chi connectivity index (χ1v) is 10.3. The number of nitrogens with one attached hydrogen (secondary N) is 4. The van der Waals surface area contributed by atoms with Crippen LogP contribution in [0.2, 0.25) is 5.02 Å². The molecule has 1 aliphatic rings. The Morgan fingerprint density at radius 1 is 0.966 bits per heavy atom. The van der Waals surface area contributed by atoms with Crippen molar-refractivity contribution in [3.8, 4) is 0 Å². The van der Waals surface area contributed by atoms with E-state index in [-0.39, 0.29) is 24.1 Å². The van der Waals surface area contributed by atoms with E-state index in [0.717, 1.165) is 42.5 Å². The van der Waals surface area contributed by atoms with Crippen molar-refractivity contribution in [1.82, 2.24) is 16.0 Å². The lowest BCUT2D eigenvalue weighted by Crippen LogP contribution is -2.55. The van der Waals surface area contributed by atoms with Crippen LogP contribution in [-0.4, -0.2) is 24.1 Å². The quantitative estimate of drug-likeness (QED) is 0.577. The molecule has 6 nitrogen and oxygen atoms in total. The Hall–Kier alpha value is -2.73. The zero-order chi connectivity index (χ0) is 20.6. The number of aryl methyl sites for hydroxylation is 1. The lowest BCUT2D eigenvalue weighted by Gasteiger charge is -2.32. The largest absolute Gasteiger partial charge is 0.334 e. The summed E-state index contributed by atoms with van der Waals surface area (Å²) in [5.74, 6) is 0. The molecule has 1 aliphatic carbocycles. The number of hydrogen-bond acceptors (Lipinski definition) is 2. The summed E-state index contributed by atoms with van der Waals surface area (Å²) in [7, 11) is 0. The number of rotatable bonds is 5. The first-order chi connectivity index (χ1) is 14.0. The topological polar surface area (TPSA) is 82.3 Å². The van der Waals surface area contributed by atoms with Gasteiger partial charge in [-0.25, -0.2) is 9.59 Å². The summed E-state index contributed by atoms with van der Waals surface area (Å²) in [6.45, 7) is 2.37. The highest BCUT2D eigenvalue weighted by molar-refractivity contribution is 6.30. The van der Waals surface area contributed by atoms with Crippen LogP contribution < -0.4 is 21.3 Å². The summed E-state index contributed by atoms with van der Waals surface area (Å²) in [5, 5.41) is 12.4. The van der Waals surface area contributed by atoms with E-state index in [1.807, 2.05) is 49.4 Å². The van der Waals surface area contributed by atoms with E-state index in [4.69, 9.17) is 11.6 Å². The second-order valence-corrected chi connectivity index (χ2v) is 7.86. The third-order valence-corrected chi connectivity index (χ3v) is 5.25. The molecule has 0 spiro atoms. The van der Waals surface area contributed by atoms with E-state index in [9.17, 15) is 9.59 Å². The summed E-state index contributed by atoms with van der Waals surface area (Å²) in [4.78, 5) is 24.7. The maximum absolute atomic E-state index is 12.4. The normalized spacial score (nSPS) is 18.6. The predicted molar refractivity (Wildman–Crippen MR) is 116 cm³/mol. The van der Waals surface area contributed by atoms with Crippen LogP contribution in [0.15, 0.2) is 48.5 Å². The molecule has 1 fully saturated rings. The van der Waals surface area contributed by atoms with Gasteiger partial charge >= 0.3 is 12.1 Å². The molecule has 0 radical (unpaired) electrons. The number of benzene rings is 2. The Bertz CT molecular complexity index is 858. The standard InChI is InChI=1S/C22H27ClN4O2/c1-15-6-4-9-18(12-15)25-22(29)27-20-11-3-2-10-19(20)26-21(28)24-14-16-7-5-8-17(23)13-16/h4-9,12-13,19-20H,2-3,10-11,14H2,1H3,(H2,24,26,28)(H2,25,27,29). The summed E-state index contributed by atoms with van der Waals surface area (Å²) in [6, 6.07) is 14.3. The van der Waals surface area contributed by atoms with Crippen LogP contribution in [0.3, 0.4) is 0 Å². The number of urea groups is 2. The SMILES string of the molecule is Cc1cccc(NC(=O)NC2CCCCC2NC(=O)NCc2cccc(Cl)c2)c1. The maximum atomic E-state index is 12.4. The van der Waals surface area contributed by atoms with Crippen LogP contribution in [0, 0.1) is 6.92 Å². The maximum Gasteiger partial charge on any atom is 0.319 e. The molecule has 1 saturated carbocycles. The van der Waals surface area contributed by atoms with Crippen molar-refractivity contribution in [3.63, 3.8) is 0 Å². The lowest BCUT2D eigenvalue weighted by molar-refractivity contribution is 0.218. The van der Waals surface area contributed by atoms with Crippen LogP contribution in [0.25, 0.3) is 0 Å². The van der Waals surface area contributed by atoms with E-state index in [1.165, 1.54) is 0 Å². The number of amides is 4. The molecule has 0 saturated heterocycles. The minimum atomic E-state index is -0.256. The van der Waals surface area contributed by atoms with Crippen LogP contribution >= 0.6 is 11.6 Å². The van der Waals surface area contributed by atoms with Gasteiger partial charge in [0.05, 0.1) is 12.1 Å². The fraction of sp³-hybridized carbons (Fsp3) is 0.364. The number of carbonyl (C=O) groups excluding carboxylic acids is 2. The monoisotopic (exact) mass is 414 g/mol. The van der Waals surface area contributed by atoms with Crippen LogP contribution in [-0.2, 0) is 6.54 Å². The number of carbonyl (C=O) groups is 2. The average Bonchev–Trinajstić information content (AvgIpc) is 2.68. The molecule has 0 aromatic heterocycles. The highest BCUT2D eigenvalue weighted by Gasteiger charge is 2.27. The molecule has 2 aromatic carbocycles. The number of halogens is 1. The van der Waals surface area contributed by atoms with E-state index < -0.39 is 0 Å². The third kappa shape index (κ3) is 6.68. The number of anilines is 1. The Kier molecular flexibility index (Phi) is 7.36. The molecule has 4 amide bonds. The van der Waals surface area contributed by atoms with Gasteiger partial charge in [0.15, 0.2) is 0 Å². The van der Waals surface area contributed by atoms with Gasteiger partial charge in [-0.3, -0.25) is 0 Å². The van der Waals surface area contributed by atoms with Crippen molar-refractivity contribution < 1.29 is 9.59 Å². The minimum absolute atomic E-state index is 0.105. The van der Waals surface area contributed by atoms with Gasteiger partial charge in [0.2, 0.25) is 0 Å². The Morgan fingerprint density at radius 3 is 2.34 bits per heavy atom. The van der Waals surface area contributed by atoms with Gasteiger partial charge in [0, 0.05) is 17.3 Å². The average molecular weight is 415 g/mol. The molecule has 29 heavy (non-hydrogen) atoms. The Labute approximate surface area is 176 Å². The predicted octanol–water partition coefficient (Wildman–Crippen LogP) is 4.58. The van der Waals surface area contributed by atoms with Gasteiger partial charge in [-0.15, -0.1) is 0 Å². The van der Waals surface area contributed by atoms with Crippen molar-refractivity contribution in [2.45, 2.75) is 51.2 Å². The fourth-order valence-electron chi connectivity index (χ4n) is 3.58. The smallest absolute Gasteiger partial charge is 0.319 e. The van der Waals surface area contributed by atoms with E-state index in [0.29, 0.717) is 11.6 Å². The van der Waals surface area contributed by atoms with E-state index in [1.54, 1.807) is 6.07 Å². The van der Waals surface area contributed by atoms with Gasteiger partial charge in [-0.2, -0.15) is 0 Å². The first-order valence-electron chi connectivity index (χ1n) is 9.92. The molecule has 4 N–H and O–H groups in total. The van der Waals surface area contributed by atoms with Gasteiger partial charge < -0.3 is 21.3 Å². The van der Waals surface area contributed by atoms with Crippen molar-refractivity contribution in [3.05, 3.63) is 64.7 Å². The Morgan fingerprint density at radius 2 is 1.66 bits per heavy atom.